The smallest absolute Gasteiger partial charge is 0.409 e. The van der Waals surface area contributed by atoms with Crippen LogP contribution in [0.3, 0.4) is 0 Å². The number of nitrogens with zero attached hydrogens (tertiary/aromatic N) is 6. The molecule has 0 atom stereocenters. The van der Waals surface area contributed by atoms with Crippen LogP contribution >= 0.6 is 12.2 Å². The van der Waals surface area contributed by atoms with E-state index in [4.69, 9.17) is 26.9 Å². The molecule has 1 N–H and O–H groups in total. The standard InChI is InChI=1S/C26H23N7O2S/c1-2-35-26(34)33-13-11-32(12-14-33)25(36)29-16-7-8-19-20(15-16)31-24-22-18(6-4-10-28-22)17-5-3-9-27-21(17)23(24)30-19/h3-10,15H,2,11-14H2,1H3,(H,29,36). The number of carbonyl (C=O) groups is 1. The summed E-state index contributed by atoms with van der Waals surface area (Å²) in [4.78, 5) is 34.8. The van der Waals surface area contributed by atoms with E-state index >= 15 is 0 Å². The molecule has 1 aliphatic heterocycles. The molecule has 1 amide bonds. The number of ether oxygens (including phenoxy) is 1. The number of carbonyl (C=O) groups excluding carboxylic acids is 1. The van der Waals surface area contributed by atoms with E-state index in [9.17, 15) is 4.79 Å². The van der Waals surface area contributed by atoms with Gasteiger partial charge >= 0.3 is 6.09 Å². The van der Waals surface area contributed by atoms with Crippen LogP contribution in [0.25, 0.3) is 43.9 Å². The lowest BCUT2D eigenvalue weighted by Crippen LogP contribution is -2.51. The molecule has 1 aliphatic rings. The van der Waals surface area contributed by atoms with Crippen molar-refractivity contribution in [2.24, 2.45) is 0 Å². The highest BCUT2D eigenvalue weighted by Gasteiger charge is 2.23. The minimum absolute atomic E-state index is 0.277. The van der Waals surface area contributed by atoms with Crippen LogP contribution in [-0.4, -0.2) is 73.7 Å². The SMILES string of the molecule is CCOC(=O)N1CCN(C(=S)Nc2ccc3nc4c5ncccc5c5cccnc5c4nc3c2)CC1. The van der Waals surface area contributed by atoms with Gasteiger partial charge in [0.2, 0.25) is 0 Å². The highest BCUT2D eigenvalue weighted by Crippen LogP contribution is 2.32. The van der Waals surface area contributed by atoms with Crippen LogP contribution < -0.4 is 5.32 Å². The van der Waals surface area contributed by atoms with Crippen LogP contribution in [0.2, 0.25) is 0 Å². The number of benzene rings is 2. The third kappa shape index (κ3) is 3.89. The van der Waals surface area contributed by atoms with Gasteiger partial charge in [0.05, 0.1) is 28.7 Å². The number of anilines is 1. The first-order valence-electron chi connectivity index (χ1n) is 11.8. The van der Waals surface area contributed by atoms with Gasteiger partial charge in [-0.1, -0.05) is 12.1 Å². The first-order valence-corrected chi connectivity index (χ1v) is 12.2. The van der Waals surface area contributed by atoms with Crippen molar-refractivity contribution in [3.8, 4) is 0 Å². The fourth-order valence-electron chi connectivity index (χ4n) is 4.59. The van der Waals surface area contributed by atoms with Crippen LogP contribution in [-0.2, 0) is 4.74 Å². The van der Waals surface area contributed by atoms with Crippen molar-refractivity contribution in [1.82, 2.24) is 29.7 Å². The summed E-state index contributed by atoms with van der Waals surface area (Å²) >= 11 is 5.65. The Morgan fingerprint density at radius 2 is 1.50 bits per heavy atom. The van der Waals surface area contributed by atoms with Crippen LogP contribution in [0.5, 0.6) is 0 Å². The predicted octanol–water partition coefficient (Wildman–Crippen LogP) is 4.35. The minimum atomic E-state index is -0.277. The third-order valence-electron chi connectivity index (χ3n) is 6.36. The lowest BCUT2D eigenvalue weighted by atomic mass is 10.1. The largest absolute Gasteiger partial charge is 0.450 e. The Morgan fingerprint density at radius 1 is 0.889 bits per heavy atom. The first-order chi connectivity index (χ1) is 17.6. The van der Waals surface area contributed by atoms with Gasteiger partial charge in [-0.25, -0.2) is 14.8 Å². The molecule has 180 valence electrons. The lowest BCUT2D eigenvalue weighted by Gasteiger charge is -2.35. The van der Waals surface area contributed by atoms with E-state index in [1.54, 1.807) is 17.3 Å². The molecule has 6 rings (SSSR count). The Hall–Kier alpha value is -4.18. The van der Waals surface area contributed by atoms with Crippen molar-refractivity contribution < 1.29 is 9.53 Å². The Bertz CT molecular complexity index is 1650. The van der Waals surface area contributed by atoms with Gasteiger partial charge < -0.3 is 19.9 Å². The van der Waals surface area contributed by atoms with Crippen molar-refractivity contribution >= 4 is 73.0 Å². The molecule has 36 heavy (non-hydrogen) atoms. The second-order valence-corrected chi connectivity index (χ2v) is 8.91. The van der Waals surface area contributed by atoms with Crippen molar-refractivity contribution in [2.75, 3.05) is 38.1 Å². The number of amides is 1. The average Bonchev–Trinajstić information content (AvgIpc) is 2.92. The number of fused-ring (bicyclic) bond motifs is 7. The quantitative estimate of drug-likeness (QED) is 0.217. The van der Waals surface area contributed by atoms with Crippen LogP contribution in [0, 0.1) is 0 Å². The first kappa shape index (κ1) is 22.3. The van der Waals surface area contributed by atoms with Gasteiger partial charge in [-0.15, -0.1) is 0 Å². The van der Waals surface area contributed by atoms with Crippen molar-refractivity contribution in [1.29, 1.82) is 0 Å². The molecule has 0 bridgehead atoms. The van der Waals surface area contributed by atoms with Crippen LogP contribution in [0.1, 0.15) is 6.92 Å². The predicted molar refractivity (Wildman–Crippen MR) is 144 cm³/mol. The summed E-state index contributed by atoms with van der Waals surface area (Å²) in [6.07, 6.45) is 3.27. The molecule has 10 heteroatoms. The Morgan fingerprint density at radius 3 is 2.14 bits per heavy atom. The van der Waals surface area contributed by atoms with Gasteiger partial charge in [0.15, 0.2) is 5.11 Å². The van der Waals surface area contributed by atoms with E-state index < -0.39 is 0 Å². The van der Waals surface area contributed by atoms with E-state index in [1.807, 2.05) is 49.4 Å². The maximum absolute atomic E-state index is 12.0. The van der Waals surface area contributed by atoms with Gasteiger partial charge in [-0.2, -0.15) is 0 Å². The molecule has 0 aliphatic carbocycles. The Labute approximate surface area is 212 Å². The van der Waals surface area contributed by atoms with Gasteiger partial charge in [0, 0.05) is 55.0 Å². The summed E-state index contributed by atoms with van der Waals surface area (Å²) in [7, 11) is 0. The molecule has 1 saturated heterocycles. The van der Waals surface area contributed by atoms with E-state index in [1.165, 1.54) is 0 Å². The summed E-state index contributed by atoms with van der Waals surface area (Å²) in [5, 5.41) is 5.93. The van der Waals surface area contributed by atoms with E-state index in [0.29, 0.717) is 37.9 Å². The number of thiocarbonyl (C=S) groups is 1. The van der Waals surface area contributed by atoms with Crippen LogP contribution in [0.15, 0.2) is 54.9 Å². The molecular weight excluding hydrogens is 474 g/mol. The van der Waals surface area contributed by atoms with Gasteiger partial charge in [-0.3, -0.25) is 9.97 Å². The summed E-state index contributed by atoms with van der Waals surface area (Å²) in [6, 6.07) is 13.7. The van der Waals surface area contributed by atoms with Crippen LogP contribution in [0.4, 0.5) is 10.5 Å². The Balaban J connectivity index is 1.31. The summed E-state index contributed by atoms with van der Waals surface area (Å²) in [5.41, 5.74) is 5.40. The fraction of sp³-hybridized carbons (Fsp3) is 0.231. The molecule has 5 aromatic rings. The van der Waals surface area contributed by atoms with E-state index in [2.05, 4.69) is 20.2 Å². The second kappa shape index (κ2) is 9.12. The molecule has 0 saturated carbocycles. The van der Waals surface area contributed by atoms with Gasteiger partial charge in [0.1, 0.15) is 11.0 Å². The number of rotatable bonds is 2. The molecule has 3 aromatic heterocycles. The summed E-state index contributed by atoms with van der Waals surface area (Å²) < 4.78 is 5.09. The minimum Gasteiger partial charge on any atom is -0.450 e. The zero-order valence-electron chi connectivity index (χ0n) is 19.6. The molecule has 4 heterocycles. The molecule has 0 radical (unpaired) electrons. The third-order valence-corrected chi connectivity index (χ3v) is 6.72. The maximum Gasteiger partial charge on any atom is 0.409 e. The van der Waals surface area contributed by atoms with Gasteiger partial charge in [0.25, 0.3) is 0 Å². The zero-order valence-corrected chi connectivity index (χ0v) is 20.5. The van der Waals surface area contributed by atoms with Crippen molar-refractivity contribution in [3.05, 3.63) is 54.9 Å². The topological polar surface area (TPSA) is 96.4 Å². The number of hydrogen-bond donors (Lipinski definition) is 1. The zero-order chi connectivity index (χ0) is 24.6. The number of piperazine rings is 1. The summed E-state index contributed by atoms with van der Waals surface area (Å²) in [5.74, 6) is 0. The lowest BCUT2D eigenvalue weighted by molar-refractivity contribution is 0.0923. The monoisotopic (exact) mass is 497 g/mol. The van der Waals surface area contributed by atoms with Crippen molar-refractivity contribution in [2.45, 2.75) is 6.92 Å². The number of pyridine rings is 2. The van der Waals surface area contributed by atoms with E-state index in [0.717, 1.165) is 49.6 Å². The average molecular weight is 498 g/mol. The highest BCUT2D eigenvalue weighted by atomic mass is 32.1. The molecular formula is C26H23N7O2S. The number of aromatic nitrogens is 4. The molecule has 1 fully saturated rings. The molecule has 9 nitrogen and oxygen atoms in total. The maximum atomic E-state index is 12.0. The fourth-order valence-corrected chi connectivity index (χ4v) is 4.89. The number of hydrogen-bond acceptors (Lipinski definition) is 7. The number of nitrogens with one attached hydrogen (secondary N) is 1. The molecule has 2 aromatic carbocycles. The second-order valence-electron chi connectivity index (χ2n) is 8.53. The van der Waals surface area contributed by atoms with Gasteiger partial charge in [-0.05, 0) is 49.5 Å². The van der Waals surface area contributed by atoms with Crippen molar-refractivity contribution in [3.63, 3.8) is 0 Å². The Kier molecular flexibility index (Phi) is 5.65. The highest BCUT2D eigenvalue weighted by molar-refractivity contribution is 7.80. The molecule has 0 spiro atoms. The normalized spacial score (nSPS) is 14.0. The molecule has 0 unspecified atom stereocenters. The van der Waals surface area contributed by atoms with E-state index in [-0.39, 0.29) is 6.09 Å². The summed E-state index contributed by atoms with van der Waals surface area (Å²) in [6.45, 7) is 4.59.